The Morgan fingerprint density at radius 1 is 1.18 bits per heavy atom. The van der Waals surface area contributed by atoms with Crippen LogP contribution in [0.25, 0.3) is 0 Å². The van der Waals surface area contributed by atoms with Gasteiger partial charge in [0.25, 0.3) is 0 Å². The molecule has 0 aromatic carbocycles. The molecule has 1 saturated carbocycles. The van der Waals surface area contributed by atoms with E-state index >= 15 is 0 Å². The monoisotopic (exact) mass is 243 g/mol. The fraction of sp³-hybridized carbons (Fsp3) is 1.00. The summed E-state index contributed by atoms with van der Waals surface area (Å²) in [5.74, 6) is 0. The van der Waals surface area contributed by atoms with Crippen molar-refractivity contribution in [1.82, 2.24) is 4.90 Å². The predicted octanol–water partition coefficient (Wildman–Crippen LogP) is 2.43. The maximum absolute atomic E-state index is 10.5. The van der Waals surface area contributed by atoms with E-state index in [4.69, 9.17) is 4.74 Å². The number of aliphatic hydroxyl groups excluding tert-OH is 1. The molecule has 1 aliphatic rings. The smallest absolute Gasteiger partial charge is 0.0724 e. The minimum absolute atomic E-state index is 0.00421. The van der Waals surface area contributed by atoms with Gasteiger partial charge in [-0.2, -0.15) is 0 Å². The van der Waals surface area contributed by atoms with Gasteiger partial charge in [0.1, 0.15) is 0 Å². The van der Waals surface area contributed by atoms with E-state index in [-0.39, 0.29) is 11.6 Å². The molecule has 17 heavy (non-hydrogen) atoms. The lowest BCUT2D eigenvalue weighted by Gasteiger charge is -2.43. The lowest BCUT2D eigenvalue weighted by molar-refractivity contribution is -0.0258. The molecular formula is C14H29NO2. The van der Waals surface area contributed by atoms with Crippen molar-refractivity contribution in [1.29, 1.82) is 0 Å². The van der Waals surface area contributed by atoms with Gasteiger partial charge in [-0.15, -0.1) is 0 Å². The number of likely N-dealkylation sites (N-methyl/N-ethyl adjacent to an activating group) is 1. The number of hydrogen-bond donors (Lipinski definition) is 1. The Bertz CT molecular complexity index is 198. The summed E-state index contributed by atoms with van der Waals surface area (Å²) in [5, 5.41) is 10.5. The zero-order valence-electron chi connectivity index (χ0n) is 11.7. The number of rotatable bonds is 6. The Hall–Kier alpha value is -0.120. The summed E-state index contributed by atoms with van der Waals surface area (Å²) in [4.78, 5) is 2.26. The van der Waals surface area contributed by atoms with Crippen LogP contribution >= 0.6 is 0 Å². The van der Waals surface area contributed by atoms with E-state index in [0.717, 1.165) is 32.3 Å². The quantitative estimate of drug-likeness (QED) is 0.574. The van der Waals surface area contributed by atoms with E-state index in [1.54, 1.807) is 7.11 Å². The molecule has 0 spiro atoms. The highest BCUT2D eigenvalue weighted by molar-refractivity contribution is 4.95. The summed E-state index contributed by atoms with van der Waals surface area (Å²) in [6.07, 6.45) is 8.99. The summed E-state index contributed by atoms with van der Waals surface area (Å²) in [6, 6.07) is 0. The highest BCUT2D eigenvalue weighted by atomic mass is 16.5. The number of nitrogens with zero attached hydrogens (tertiary/aromatic N) is 1. The fourth-order valence-electron chi connectivity index (χ4n) is 3.11. The molecule has 0 saturated heterocycles. The van der Waals surface area contributed by atoms with Crippen LogP contribution in [-0.2, 0) is 4.74 Å². The van der Waals surface area contributed by atoms with Crippen LogP contribution in [-0.4, -0.2) is 49.5 Å². The highest BCUT2D eigenvalue weighted by Gasteiger charge is 2.39. The van der Waals surface area contributed by atoms with Gasteiger partial charge in [-0.25, -0.2) is 0 Å². The van der Waals surface area contributed by atoms with Gasteiger partial charge in [0.05, 0.1) is 6.10 Å². The second kappa shape index (κ2) is 7.34. The Balaban J connectivity index is 2.61. The van der Waals surface area contributed by atoms with E-state index in [2.05, 4.69) is 19.0 Å². The van der Waals surface area contributed by atoms with E-state index < -0.39 is 0 Å². The van der Waals surface area contributed by atoms with Gasteiger partial charge < -0.3 is 14.7 Å². The maximum atomic E-state index is 10.5. The van der Waals surface area contributed by atoms with Gasteiger partial charge in [-0.3, -0.25) is 0 Å². The summed E-state index contributed by atoms with van der Waals surface area (Å²) in [5.41, 5.74) is 0.00421. The Morgan fingerprint density at radius 2 is 1.76 bits per heavy atom. The van der Waals surface area contributed by atoms with Crippen molar-refractivity contribution >= 4 is 0 Å². The molecule has 1 aliphatic carbocycles. The molecule has 0 heterocycles. The second-order valence-electron chi connectivity index (χ2n) is 5.56. The maximum Gasteiger partial charge on any atom is 0.0724 e. The van der Waals surface area contributed by atoms with Gasteiger partial charge >= 0.3 is 0 Å². The second-order valence-corrected chi connectivity index (χ2v) is 5.56. The summed E-state index contributed by atoms with van der Waals surface area (Å²) >= 11 is 0. The lowest BCUT2D eigenvalue weighted by Crippen LogP contribution is -2.53. The van der Waals surface area contributed by atoms with Crippen LogP contribution in [0.15, 0.2) is 0 Å². The van der Waals surface area contributed by atoms with Crippen LogP contribution in [0.5, 0.6) is 0 Å². The Labute approximate surface area is 106 Å². The largest absolute Gasteiger partial charge is 0.391 e. The van der Waals surface area contributed by atoms with Crippen molar-refractivity contribution < 1.29 is 9.84 Å². The summed E-state index contributed by atoms with van der Waals surface area (Å²) < 4.78 is 5.07. The third-order valence-corrected chi connectivity index (χ3v) is 4.31. The standard InChI is InChI=1S/C14H29NO2/c1-15(2)14(10-6-4-5-7-11-14)13(16)9-8-12-17-3/h13,16H,4-12H2,1-3H3. The van der Waals surface area contributed by atoms with Gasteiger partial charge in [0.2, 0.25) is 0 Å². The molecule has 3 nitrogen and oxygen atoms in total. The van der Waals surface area contributed by atoms with Crippen LogP contribution in [0.2, 0.25) is 0 Å². The molecule has 1 N–H and O–H groups in total. The van der Waals surface area contributed by atoms with Gasteiger partial charge in [0, 0.05) is 19.3 Å². The molecule has 3 heteroatoms. The third kappa shape index (κ3) is 3.94. The minimum Gasteiger partial charge on any atom is -0.391 e. The molecule has 102 valence electrons. The first-order valence-corrected chi connectivity index (χ1v) is 6.98. The lowest BCUT2D eigenvalue weighted by atomic mass is 9.81. The SMILES string of the molecule is COCCCC(O)C1(N(C)C)CCCCCC1. The number of hydrogen-bond acceptors (Lipinski definition) is 3. The topological polar surface area (TPSA) is 32.7 Å². The molecule has 0 aliphatic heterocycles. The first kappa shape index (κ1) is 14.9. The molecule has 0 amide bonds. The van der Waals surface area contributed by atoms with Crippen LogP contribution in [0.1, 0.15) is 51.4 Å². The number of aliphatic hydroxyl groups is 1. The molecule has 0 bridgehead atoms. The first-order valence-electron chi connectivity index (χ1n) is 6.98. The molecule has 1 unspecified atom stereocenters. The number of ether oxygens (including phenoxy) is 1. The minimum atomic E-state index is -0.217. The van der Waals surface area contributed by atoms with Crippen molar-refractivity contribution in [2.75, 3.05) is 27.8 Å². The van der Waals surface area contributed by atoms with E-state index in [1.165, 1.54) is 25.7 Å². The van der Waals surface area contributed by atoms with Crippen molar-refractivity contribution in [3.05, 3.63) is 0 Å². The predicted molar refractivity (Wildman–Crippen MR) is 71.2 cm³/mol. The molecule has 1 fully saturated rings. The average molecular weight is 243 g/mol. The molecule has 0 aromatic heterocycles. The van der Waals surface area contributed by atoms with Crippen molar-refractivity contribution in [2.45, 2.75) is 63.0 Å². The van der Waals surface area contributed by atoms with Crippen LogP contribution in [0, 0.1) is 0 Å². The number of methoxy groups -OCH3 is 1. The van der Waals surface area contributed by atoms with Crippen LogP contribution in [0.3, 0.4) is 0 Å². The van der Waals surface area contributed by atoms with E-state index in [1.807, 2.05) is 0 Å². The first-order chi connectivity index (χ1) is 8.13. The molecule has 0 aromatic rings. The van der Waals surface area contributed by atoms with Gasteiger partial charge in [0.15, 0.2) is 0 Å². The van der Waals surface area contributed by atoms with Crippen molar-refractivity contribution in [3.8, 4) is 0 Å². The zero-order chi connectivity index (χ0) is 12.7. The molecule has 0 radical (unpaired) electrons. The Morgan fingerprint density at radius 3 is 2.24 bits per heavy atom. The summed E-state index contributed by atoms with van der Waals surface area (Å²) in [7, 11) is 5.95. The normalized spacial score (nSPS) is 22.4. The Kier molecular flexibility index (Phi) is 6.45. The van der Waals surface area contributed by atoms with Gasteiger partial charge in [-0.05, 0) is 39.8 Å². The molecule has 1 rings (SSSR count). The summed E-state index contributed by atoms with van der Waals surface area (Å²) in [6.45, 7) is 0.751. The molecular weight excluding hydrogens is 214 g/mol. The average Bonchev–Trinajstić information content (AvgIpc) is 2.55. The zero-order valence-corrected chi connectivity index (χ0v) is 11.7. The fourth-order valence-corrected chi connectivity index (χ4v) is 3.11. The van der Waals surface area contributed by atoms with E-state index in [0.29, 0.717) is 0 Å². The van der Waals surface area contributed by atoms with Crippen molar-refractivity contribution in [2.24, 2.45) is 0 Å². The third-order valence-electron chi connectivity index (χ3n) is 4.31. The van der Waals surface area contributed by atoms with E-state index in [9.17, 15) is 5.11 Å². The van der Waals surface area contributed by atoms with Crippen LogP contribution in [0.4, 0.5) is 0 Å². The van der Waals surface area contributed by atoms with Crippen molar-refractivity contribution in [3.63, 3.8) is 0 Å². The van der Waals surface area contributed by atoms with Gasteiger partial charge in [-0.1, -0.05) is 25.7 Å². The van der Waals surface area contributed by atoms with Crippen LogP contribution < -0.4 is 0 Å². The highest BCUT2D eigenvalue weighted by Crippen LogP contribution is 2.35. The molecule has 1 atom stereocenters.